The van der Waals surface area contributed by atoms with E-state index in [-0.39, 0.29) is 30.9 Å². The van der Waals surface area contributed by atoms with Gasteiger partial charge in [0.15, 0.2) is 0 Å². The summed E-state index contributed by atoms with van der Waals surface area (Å²) >= 11 is 0. The third-order valence-electron chi connectivity index (χ3n) is 5.74. The lowest BCUT2D eigenvalue weighted by Gasteiger charge is -2.43. The van der Waals surface area contributed by atoms with Gasteiger partial charge in [-0.2, -0.15) is 0 Å². The molecule has 28 heavy (non-hydrogen) atoms. The Kier molecular flexibility index (Phi) is 4.83. The molecule has 0 saturated carbocycles. The molecular formula is C21H24N2O5. The molecule has 3 heterocycles. The van der Waals surface area contributed by atoms with Gasteiger partial charge in [-0.15, -0.1) is 0 Å². The van der Waals surface area contributed by atoms with Crippen LogP contribution in [0.3, 0.4) is 0 Å². The lowest BCUT2D eigenvalue weighted by Crippen LogP contribution is -2.48. The van der Waals surface area contributed by atoms with Crippen molar-refractivity contribution in [1.29, 1.82) is 0 Å². The number of benzene rings is 1. The molecule has 7 nitrogen and oxygen atoms in total. The average Bonchev–Trinajstić information content (AvgIpc) is 3.04. The molecule has 0 bridgehead atoms. The summed E-state index contributed by atoms with van der Waals surface area (Å²) in [6.45, 7) is 3.30. The van der Waals surface area contributed by atoms with E-state index in [1.807, 2.05) is 23.1 Å². The molecule has 1 aromatic heterocycles. The molecule has 0 unspecified atom stereocenters. The van der Waals surface area contributed by atoms with E-state index >= 15 is 0 Å². The summed E-state index contributed by atoms with van der Waals surface area (Å²) in [5, 5.41) is 1.20. The number of hydrogen-bond donors (Lipinski definition) is 1. The van der Waals surface area contributed by atoms with Gasteiger partial charge in [-0.3, -0.25) is 14.4 Å². The fourth-order valence-corrected chi connectivity index (χ4v) is 4.54. The third-order valence-corrected chi connectivity index (χ3v) is 5.74. The van der Waals surface area contributed by atoms with Crippen molar-refractivity contribution in [2.24, 2.45) is 5.92 Å². The molecule has 0 aliphatic carbocycles. The highest BCUT2D eigenvalue weighted by Crippen LogP contribution is 2.42. The minimum Gasteiger partial charge on any atom is -0.462 e. The second-order valence-electron chi connectivity index (χ2n) is 7.57. The Morgan fingerprint density at radius 1 is 1.25 bits per heavy atom. The molecule has 2 aliphatic rings. The third kappa shape index (κ3) is 3.37. The fourth-order valence-electron chi connectivity index (χ4n) is 4.54. The number of H-pyrrole nitrogens is 1. The number of nitrogens with one attached hydrogen (secondary N) is 1. The largest absolute Gasteiger partial charge is 0.462 e. The van der Waals surface area contributed by atoms with Crippen molar-refractivity contribution in [3.05, 3.63) is 35.5 Å². The highest BCUT2D eigenvalue weighted by atomic mass is 16.6. The first-order valence-corrected chi connectivity index (χ1v) is 9.63. The van der Waals surface area contributed by atoms with Gasteiger partial charge in [0.25, 0.3) is 0 Å². The number of aromatic amines is 1. The van der Waals surface area contributed by atoms with Gasteiger partial charge in [-0.05, 0) is 24.5 Å². The first-order chi connectivity index (χ1) is 13.4. The molecule has 0 radical (unpaired) electrons. The molecule has 2 aliphatic heterocycles. The molecule has 1 saturated heterocycles. The predicted molar refractivity (Wildman–Crippen MR) is 101 cm³/mol. The number of piperidine rings is 1. The molecule has 1 N–H and O–H groups in total. The van der Waals surface area contributed by atoms with Crippen LogP contribution in [0.2, 0.25) is 0 Å². The maximum Gasteiger partial charge on any atom is 0.303 e. The lowest BCUT2D eigenvalue weighted by molar-refractivity contribution is -0.164. The SMILES string of the molecule is CC(=O)OC[C@@H](OC(C)=O)[C@H]1CC(=O)N2CCc3c([nH]c4ccccc34)[C@H]2C1. The highest BCUT2D eigenvalue weighted by Gasteiger charge is 2.42. The average molecular weight is 384 g/mol. The van der Waals surface area contributed by atoms with Gasteiger partial charge in [0, 0.05) is 49.3 Å². The maximum absolute atomic E-state index is 12.9. The van der Waals surface area contributed by atoms with Crippen LogP contribution in [0.4, 0.5) is 0 Å². The van der Waals surface area contributed by atoms with Gasteiger partial charge in [0.1, 0.15) is 12.7 Å². The second-order valence-corrected chi connectivity index (χ2v) is 7.57. The van der Waals surface area contributed by atoms with E-state index in [0.29, 0.717) is 13.0 Å². The minimum atomic E-state index is -0.623. The number of esters is 2. The zero-order valence-electron chi connectivity index (χ0n) is 16.1. The Morgan fingerprint density at radius 2 is 2.04 bits per heavy atom. The summed E-state index contributed by atoms with van der Waals surface area (Å²) in [5.41, 5.74) is 3.40. The number of rotatable bonds is 4. The van der Waals surface area contributed by atoms with Crippen LogP contribution in [0, 0.1) is 5.92 Å². The molecule has 7 heteroatoms. The Morgan fingerprint density at radius 3 is 2.79 bits per heavy atom. The van der Waals surface area contributed by atoms with E-state index in [1.165, 1.54) is 24.8 Å². The maximum atomic E-state index is 12.9. The Hall–Kier alpha value is -2.83. The van der Waals surface area contributed by atoms with Gasteiger partial charge in [-0.1, -0.05) is 18.2 Å². The van der Waals surface area contributed by atoms with Crippen LogP contribution in [-0.4, -0.2) is 47.0 Å². The summed E-state index contributed by atoms with van der Waals surface area (Å²) in [6.07, 6.45) is 1.14. The number of para-hydroxylation sites is 1. The molecular weight excluding hydrogens is 360 g/mol. The number of ether oxygens (including phenoxy) is 2. The zero-order chi connectivity index (χ0) is 19.8. The summed E-state index contributed by atoms with van der Waals surface area (Å²) in [4.78, 5) is 41.1. The van der Waals surface area contributed by atoms with Crippen LogP contribution in [0.15, 0.2) is 24.3 Å². The number of carbonyl (C=O) groups excluding carboxylic acids is 3. The van der Waals surface area contributed by atoms with Crippen LogP contribution >= 0.6 is 0 Å². The van der Waals surface area contributed by atoms with Gasteiger partial charge in [0.2, 0.25) is 5.91 Å². The molecule has 3 atom stereocenters. The molecule has 2 aromatic rings. The standard InChI is InChI=1S/C21H24N2O5/c1-12(24)27-11-19(28-13(2)25)14-9-18-21-16(7-8-23(18)20(26)10-14)15-5-3-4-6-17(15)22-21/h3-6,14,18-19,22H,7-11H2,1-2H3/t14-,18-,19-/m1/s1. The van der Waals surface area contributed by atoms with Crippen LogP contribution < -0.4 is 0 Å². The first-order valence-electron chi connectivity index (χ1n) is 9.63. The summed E-state index contributed by atoms with van der Waals surface area (Å²) in [6, 6.07) is 8.07. The van der Waals surface area contributed by atoms with E-state index in [1.54, 1.807) is 0 Å². The van der Waals surface area contributed by atoms with E-state index in [9.17, 15) is 14.4 Å². The molecule has 4 rings (SSSR count). The van der Waals surface area contributed by atoms with Crippen molar-refractivity contribution in [3.8, 4) is 0 Å². The van der Waals surface area contributed by atoms with Crippen molar-refractivity contribution in [1.82, 2.24) is 9.88 Å². The number of hydrogen-bond acceptors (Lipinski definition) is 5. The summed E-state index contributed by atoms with van der Waals surface area (Å²) < 4.78 is 10.5. The lowest BCUT2D eigenvalue weighted by atomic mass is 9.82. The minimum absolute atomic E-state index is 0.0286. The second kappa shape index (κ2) is 7.30. The van der Waals surface area contributed by atoms with Crippen LogP contribution in [0.1, 0.15) is 44.0 Å². The molecule has 148 valence electrons. The smallest absolute Gasteiger partial charge is 0.303 e. The fraction of sp³-hybridized carbons (Fsp3) is 0.476. The van der Waals surface area contributed by atoms with Gasteiger partial charge in [-0.25, -0.2) is 0 Å². The zero-order valence-corrected chi connectivity index (χ0v) is 16.1. The van der Waals surface area contributed by atoms with E-state index in [0.717, 1.165) is 17.6 Å². The highest BCUT2D eigenvalue weighted by molar-refractivity contribution is 5.86. The topological polar surface area (TPSA) is 88.7 Å². The molecule has 1 amide bonds. The molecule has 1 fully saturated rings. The number of carbonyl (C=O) groups is 3. The van der Waals surface area contributed by atoms with E-state index in [4.69, 9.17) is 9.47 Å². The van der Waals surface area contributed by atoms with Gasteiger partial charge < -0.3 is 19.4 Å². The van der Waals surface area contributed by atoms with Gasteiger partial charge in [0.05, 0.1) is 6.04 Å². The first kappa shape index (κ1) is 18.5. The summed E-state index contributed by atoms with van der Waals surface area (Å²) in [5.74, 6) is -1.03. The molecule has 0 spiro atoms. The van der Waals surface area contributed by atoms with Crippen LogP contribution in [0.25, 0.3) is 10.9 Å². The summed E-state index contributed by atoms with van der Waals surface area (Å²) in [7, 11) is 0. The van der Waals surface area contributed by atoms with Crippen molar-refractivity contribution < 1.29 is 23.9 Å². The number of nitrogens with zero attached hydrogens (tertiary/aromatic N) is 1. The molecule has 1 aromatic carbocycles. The number of aromatic nitrogens is 1. The number of fused-ring (bicyclic) bond motifs is 5. The van der Waals surface area contributed by atoms with Crippen LogP contribution in [-0.2, 0) is 30.3 Å². The van der Waals surface area contributed by atoms with E-state index in [2.05, 4.69) is 11.1 Å². The van der Waals surface area contributed by atoms with Crippen molar-refractivity contribution in [3.63, 3.8) is 0 Å². The van der Waals surface area contributed by atoms with Crippen molar-refractivity contribution >= 4 is 28.7 Å². The Balaban J connectivity index is 1.64. The van der Waals surface area contributed by atoms with Crippen molar-refractivity contribution in [2.45, 2.75) is 45.3 Å². The van der Waals surface area contributed by atoms with E-state index < -0.39 is 18.0 Å². The van der Waals surface area contributed by atoms with Gasteiger partial charge >= 0.3 is 11.9 Å². The quantitative estimate of drug-likeness (QED) is 0.818. The predicted octanol–water partition coefficient (Wildman–Crippen LogP) is 2.50. The number of amides is 1. The van der Waals surface area contributed by atoms with Crippen molar-refractivity contribution in [2.75, 3.05) is 13.2 Å². The normalized spacial score (nSPS) is 22.4. The van der Waals surface area contributed by atoms with Crippen LogP contribution in [0.5, 0.6) is 0 Å². The monoisotopic (exact) mass is 384 g/mol. The Labute approximate surface area is 163 Å². The Bertz CT molecular complexity index is 934.